The van der Waals surface area contributed by atoms with Crippen molar-refractivity contribution < 1.29 is 19.0 Å². The number of aromatic nitrogens is 5. The molecule has 2 atom stereocenters. The van der Waals surface area contributed by atoms with Crippen LogP contribution in [0.15, 0.2) is 36.5 Å². The first-order chi connectivity index (χ1) is 14.0. The number of aryl methyl sites for hydroxylation is 1. The number of benzene rings is 1. The van der Waals surface area contributed by atoms with E-state index in [4.69, 9.17) is 4.74 Å². The molecule has 2 unspecified atom stereocenters. The summed E-state index contributed by atoms with van der Waals surface area (Å²) in [6.45, 7) is 4.21. The van der Waals surface area contributed by atoms with E-state index >= 15 is 0 Å². The first-order valence-electron chi connectivity index (χ1n) is 9.16. The number of carbonyl (C=O) groups is 1. The molecular formula is C19H19FN6O3. The number of nitrogens with zero attached hydrogens (tertiary/aromatic N) is 6. The lowest BCUT2D eigenvalue weighted by molar-refractivity contribution is 0.0437. The van der Waals surface area contributed by atoms with Crippen LogP contribution in [0.4, 0.5) is 14.9 Å². The second kappa shape index (κ2) is 7.55. The average Bonchev–Trinajstić information content (AvgIpc) is 3.35. The average molecular weight is 398 g/mol. The molecule has 2 aromatic heterocycles. The number of carbonyl (C=O) groups excluding carboxylic acids is 1. The fraction of sp³-hybridized carbons (Fsp3) is 0.316. The molecule has 1 fully saturated rings. The number of pyridine rings is 1. The maximum atomic E-state index is 14.8. The normalized spacial score (nSPS) is 17.4. The van der Waals surface area contributed by atoms with Gasteiger partial charge in [0.2, 0.25) is 5.82 Å². The Kier molecular flexibility index (Phi) is 4.93. The number of amides is 1. The van der Waals surface area contributed by atoms with E-state index in [0.29, 0.717) is 34.9 Å². The van der Waals surface area contributed by atoms with Crippen LogP contribution in [-0.2, 0) is 11.3 Å². The second-order valence-corrected chi connectivity index (χ2v) is 6.67. The molecule has 3 heterocycles. The molecule has 0 radical (unpaired) electrons. The van der Waals surface area contributed by atoms with Crippen LogP contribution in [0, 0.1) is 5.82 Å². The number of rotatable bonds is 5. The molecular weight excluding hydrogens is 379 g/mol. The highest BCUT2D eigenvalue weighted by Gasteiger charge is 2.35. The highest BCUT2D eigenvalue weighted by atomic mass is 19.1. The van der Waals surface area contributed by atoms with Crippen molar-refractivity contribution in [3.05, 3.63) is 42.3 Å². The molecule has 1 amide bonds. The summed E-state index contributed by atoms with van der Waals surface area (Å²) in [6.07, 6.45) is -0.512. The maximum absolute atomic E-state index is 14.8. The van der Waals surface area contributed by atoms with Crippen molar-refractivity contribution in [3.8, 4) is 22.6 Å². The van der Waals surface area contributed by atoms with Crippen LogP contribution in [-0.4, -0.2) is 55.1 Å². The topological polar surface area (TPSA) is 106 Å². The van der Waals surface area contributed by atoms with Crippen molar-refractivity contribution in [2.24, 2.45) is 0 Å². The zero-order valence-electron chi connectivity index (χ0n) is 15.9. The minimum atomic E-state index is -0.800. The van der Waals surface area contributed by atoms with Crippen LogP contribution >= 0.6 is 0 Å². The number of aliphatic hydroxyl groups excluding tert-OH is 1. The van der Waals surface area contributed by atoms with Gasteiger partial charge >= 0.3 is 6.09 Å². The molecule has 0 bridgehead atoms. The predicted molar refractivity (Wildman–Crippen MR) is 101 cm³/mol. The van der Waals surface area contributed by atoms with Gasteiger partial charge in [0.15, 0.2) is 0 Å². The third-order valence-corrected chi connectivity index (χ3v) is 4.68. The number of anilines is 1. The molecule has 0 spiro atoms. The Labute approximate surface area is 165 Å². The molecule has 9 nitrogen and oxygen atoms in total. The summed E-state index contributed by atoms with van der Waals surface area (Å²) in [6, 6.07) is 7.90. The van der Waals surface area contributed by atoms with Crippen LogP contribution in [0.5, 0.6) is 0 Å². The molecule has 1 aliphatic heterocycles. The third-order valence-electron chi connectivity index (χ3n) is 4.68. The lowest BCUT2D eigenvalue weighted by Gasteiger charge is -2.15. The van der Waals surface area contributed by atoms with Gasteiger partial charge in [0.1, 0.15) is 17.6 Å². The van der Waals surface area contributed by atoms with Gasteiger partial charge in [-0.25, -0.2) is 9.18 Å². The van der Waals surface area contributed by atoms with E-state index in [0.717, 1.165) is 0 Å². The van der Waals surface area contributed by atoms with Crippen LogP contribution < -0.4 is 4.90 Å². The number of halogens is 1. The molecule has 10 heteroatoms. The fourth-order valence-electron chi connectivity index (χ4n) is 3.02. The Morgan fingerprint density at radius 3 is 2.76 bits per heavy atom. The zero-order valence-corrected chi connectivity index (χ0v) is 15.9. The van der Waals surface area contributed by atoms with Crippen molar-refractivity contribution >= 4 is 11.8 Å². The van der Waals surface area contributed by atoms with Gasteiger partial charge in [-0.3, -0.25) is 9.88 Å². The summed E-state index contributed by atoms with van der Waals surface area (Å²) in [5, 5.41) is 21.6. The largest absolute Gasteiger partial charge is 0.441 e. The molecule has 29 heavy (non-hydrogen) atoms. The van der Waals surface area contributed by atoms with E-state index in [9.17, 15) is 14.3 Å². The van der Waals surface area contributed by atoms with Crippen LogP contribution in [0.2, 0.25) is 0 Å². The van der Waals surface area contributed by atoms with Crippen LogP contribution in [0.3, 0.4) is 0 Å². The molecule has 150 valence electrons. The van der Waals surface area contributed by atoms with Gasteiger partial charge in [0, 0.05) is 17.3 Å². The molecule has 0 aliphatic carbocycles. The van der Waals surface area contributed by atoms with Crippen molar-refractivity contribution in [1.82, 2.24) is 25.2 Å². The van der Waals surface area contributed by atoms with Crippen molar-refractivity contribution in [2.75, 3.05) is 11.4 Å². The Morgan fingerprint density at radius 2 is 2.17 bits per heavy atom. The van der Waals surface area contributed by atoms with Gasteiger partial charge in [-0.05, 0) is 43.3 Å². The van der Waals surface area contributed by atoms with Crippen molar-refractivity contribution in [2.45, 2.75) is 32.6 Å². The van der Waals surface area contributed by atoms with E-state index in [1.807, 2.05) is 6.92 Å². The van der Waals surface area contributed by atoms with Gasteiger partial charge < -0.3 is 9.84 Å². The number of hydrogen-bond acceptors (Lipinski definition) is 7. The minimum absolute atomic E-state index is 0.164. The molecule has 1 N–H and O–H groups in total. The Hall–Kier alpha value is -3.40. The highest BCUT2D eigenvalue weighted by Crippen LogP contribution is 2.29. The summed E-state index contributed by atoms with van der Waals surface area (Å²) in [7, 11) is 0. The van der Waals surface area contributed by atoms with Gasteiger partial charge in [-0.2, -0.15) is 4.80 Å². The summed E-state index contributed by atoms with van der Waals surface area (Å²) in [5.74, 6) is -0.102. The molecule has 1 saturated heterocycles. The maximum Gasteiger partial charge on any atom is 0.414 e. The van der Waals surface area contributed by atoms with E-state index in [1.54, 1.807) is 31.2 Å². The van der Waals surface area contributed by atoms with Crippen LogP contribution in [0.1, 0.15) is 13.8 Å². The van der Waals surface area contributed by atoms with Gasteiger partial charge in [0.25, 0.3) is 0 Å². The Morgan fingerprint density at radius 1 is 1.34 bits per heavy atom. The SMILES string of the molecule is CCn1nnc(-c2ccc(-c3ccc(N4CC(C(C)O)OC4=O)cc3F)cn2)n1. The van der Waals surface area contributed by atoms with Crippen molar-refractivity contribution in [1.29, 1.82) is 0 Å². The minimum Gasteiger partial charge on any atom is -0.441 e. The highest BCUT2D eigenvalue weighted by molar-refractivity contribution is 5.90. The summed E-state index contributed by atoms with van der Waals surface area (Å²) >= 11 is 0. The van der Waals surface area contributed by atoms with E-state index < -0.39 is 24.1 Å². The quantitative estimate of drug-likeness (QED) is 0.703. The fourth-order valence-corrected chi connectivity index (χ4v) is 3.02. The summed E-state index contributed by atoms with van der Waals surface area (Å²) in [4.78, 5) is 19.0. The second-order valence-electron chi connectivity index (χ2n) is 6.67. The first kappa shape index (κ1) is 18.9. The Bertz CT molecular complexity index is 1040. The zero-order chi connectivity index (χ0) is 20.5. The third kappa shape index (κ3) is 3.66. The molecule has 1 aliphatic rings. The molecule has 0 saturated carbocycles. The summed E-state index contributed by atoms with van der Waals surface area (Å²) in [5.41, 5.74) is 1.82. The first-order valence-corrected chi connectivity index (χ1v) is 9.16. The van der Waals surface area contributed by atoms with E-state index in [-0.39, 0.29) is 6.54 Å². The van der Waals surface area contributed by atoms with Gasteiger partial charge in [-0.1, -0.05) is 6.07 Å². The number of tetrazole rings is 1. The van der Waals surface area contributed by atoms with E-state index in [2.05, 4.69) is 20.4 Å². The lowest BCUT2D eigenvalue weighted by Crippen LogP contribution is -2.29. The summed E-state index contributed by atoms with van der Waals surface area (Å²) < 4.78 is 19.8. The van der Waals surface area contributed by atoms with Gasteiger partial charge in [-0.15, -0.1) is 10.2 Å². The van der Waals surface area contributed by atoms with Gasteiger partial charge in [0.05, 0.1) is 24.9 Å². The van der Waals surface area contributed by atoms with Crippen molar-refractivity contribution in [3.63, 3.8) is 0 Å². The standard InChI is InChI=1S/C19H19FN6O3/c1-3-26-23-18(22-24-26)16-7-4-12(9-21-16)14-6-5-13(8-15(14)20)25-10-17(11(2)27)29-19(25)28/h4-9,11,17,27H,3,10H2,1-2H3. The molecule has 3 aromatic rings. The monoisotopic (exact) mass is 398 g/mol. The molecule has 1 aromatic carbocycles. The lowest BCUT2D eigenvalue weighted by atomic mass is 10.1. The number of cyclic esters (lactones) is 1. The Balaban J connectivity index is 1.56. The molecule has 4 rings (SSSR count). The predicted octanol–water partition coefficient (Wildman–Crippen LogP) is 2.27. The number of aliphatic hydroxyl groups is 1. The number of hydrogen-bond donors (Lipinski definition) is 1. The number of ether oxygens (including phenoxy) is 1. The van der Waals surface area contributed by atoms with E-state index in [1.165, 1.54) is 22.0 Å². The van der Waals surface area contributed by atoms with Crippen LogP contribution in [0.25, 0.3) is 22.6 Å². The smallest absolute Gasteiger partial charge is 0.414 e.